The Labute approximate surface area is 734 Å². The summed E-state index contributed by atoms with van der Waals surface area (Å²) in [5.41, 5.74) is -0.574. The van der Waals surface area contributed by atoms with Crippen molar-refractivity contribution in [2.45, 2.75) is 241 Å². The van der Waals surface area contributed by atoms with Crippen molar-refractivity contribution in [2.24, 2.45) is 22.7 Å². The van der Waals surface area contributed by atoms with Crippen LogP contribution < -0.4 is 0 Å². The minimum absolute atomic E-state index is 0.0681. The van der Waals surface area contributed by atoms with Gasteiger partial charge in [0, 0.05) is 119 Å². The molecule has 702 valence electrons. The number of rotatable bonds is 20. The Hall–Kier alpha value is -13.2. The first kappa shape index (κ1) is 112. The Kier molecular flexibility index (Phi) is 45.7. The van der Waals surface area contributed by atoms with E-state index in [1.54, 1.807) is 69.2 Å². The molecule has 10 heterocycles. The topological polar surface area (TPSA) is 526 Å². The molecular formula is C87H114O40. The number of ether oxygens (including phenoxy) is 20. The van der Waals surface area contributed by atoms with E-state index in [0.717, 1.165) is 30.4 Å². The van der Waals surface area contributed by atoms with E-state index in [2.05, 4.69) is 84.7 Å². The Morgan fingerprint density at radius 3 is 0.874 bits per heavy atom. The highest BCUT2D eigenvalue weighted by molar-refractivity contribution is 5.94. The molecule has 10 saturated heterocycles. The van der Waals surface area contributed by atoms with E-state index in [1.807, 2.05) is 13.8 Å². The number of hydrogen-bond donors (Lipinski definition) is 0. The van der Waals surface area contributed by atoms with Crippen LogP contribution in [0.15, 0.2) is 124 Å². The van der Waals surface area contributed by atoms with E-state index in [0.29, 0.717) is 65.0 Å². The fourth-order valence-corrected chi connectivity index (χ4v) is 10.2. The van der Waals surface area contributed by atoms with Crippen molar-refractivity contribution in [3.63, 3.8) is 0 Å². The summed E-state index contributed by atoms with van der Waals surface area (Å²) >= 11 is 0. The molecule has 0 aromatic rings. The van der Waals surface area contributed by atoms with Crippen molar-refractivity contribution in [3.8, 4) is 0 Å². The molecule has 14 unspecified atom stereocenters. The second-order valence-corrected chi connectivity index (χ2v) is 31.7. The molecule has 0 aromatic carbocycles. The van der Waals surface area contributed by atoms with Crippen molar-refractivity contribution in [2.75, 3.05) is 39.6 Å². The van der Waals surface area contributed by atoms with E-state index in [9.17, 15) is 95.9 Å². The van der Waals surface area contributed by atoms with Crippen LogP contribution in [0.4, 0.5) is 0 Å². The second-order valence-electron chi connectivity index (χ2n) is 31.7. The normalized spacial score (nSPS) is 25.2. The third kappa shape index (κ3) is 39.7. The van der Waals surface area contributed by atoms with Crippen LogP contribution in [0, 0.1) is 22.7 Å². The van der Waals surface area contributed by atoms with Crippen molar-refractivity contribution < 1.29 is 191 Å². The zero-order valence-electron chi connectivity index (χ0n) is 74.4. The van der Waals surface area contributed by atoms with Crippen LogP contribution in [-0.2, 0) is 191 Å². The first-order valence-electron chi connectivity index (χ1n) is 39.1. The number of cyclic esters (lactones) is 10. The molecule has 40 nitrogen and oxygen atoms in total. The average Bonchev–Trinajstić information content (AvgIpc) is 1.68. The largest absolute Gasteiger partial charge is 0.463 e. The van der Waals surface area contributed by atoms with Gasteiger partial charge in [-0.3, -0.25) is 0 Å². The van der Waals surface area contributed by atoms with Crippen LogP contribution in [0.25, 0.3) is 0 Å². The van der Waals surface area contributed by atoms with Crippen LogP contribution in [0.5, 0.6) is 0 Å². The summed E-state index contributed by atoms with van der Waals surface area (Å²) in [5, 5.41) is 0. The van der Waals surface area contributed by atoms with Gasteiger partial charge in [0.1, 0.15) is 36.6 Å². The van der Waals surface area contributed by atoms with E-state index >= 15 is 0 Å². The molecule has 14 atom stereocenters. The molecule has 0 radical (unpaired) electrons. The lowest BCUT2D eigenvalue weighted by molar-refractivity contribution is -0.160. The maximum Gasteiger partial charge on any atom is 0.348 e. The molecule has 40 heteroatoms. The van der Waals surface area contributed by atoms with Crippen molar-refractivity contribution in [1.29, 1.82) is 0 Å². The molecule has 0 spiro atoms. The maximum atomic E-state index is 11.2. The Bertz CT molecular complexity index is 4210. The molecule has 0 saturated carbocycles. The zero-order valence-corrected chi connectivity index (χ0v) is 74.4. The van der Waals surface area contributed by atoms with Crippen LogP contribution >= 0.6 is 0 Å². The van der Waals surface area contributed by atoms with E-state index in [1.165, 1.54) is 34.6 Å². The van der Waals surface area contributed by atoms with Gasteiger partial charge in [-0.05, 0) is 76.2 Å². The third-order valence-corrected chi connectivity index (χ3v) is 17.2. The van der Waals surface area contributed by atoms with Gasteiger partial charge in [-0.15, -0.1) is 0 Å². The summed E-state index contributed by atoms with van der Waals surface area (Å²) in [6.07, 6.45) is -0.322. The standard InChI is InChI=1S/2C10H14O4.4C9H12O4.3C8H10O4.C7H8O4/c1-6(2)8(11)14-7-9(12)13-5-10(7,3)4;1-6(2)8(11)13-7-5-10(3,4)14-9(7)12;1-5(2)8(10)13-7-6(3)4-12-9(7)11;1-5(2)8(10)13-7-4-6(3)12-9(7)11;1-4-7(10)12-6-5-9(2,3)13-8(6)11;1-4-6(10)13-7-8(11)12-5-9(7,2)3;1-5(2)7(9)12-6-3-4-11-8(6)10;1-3-7(9)12-6-4-5(2)11-8(6)10;1-3-6(9)12-7-5(2)4-11-8(7)10;1-2-6(8)11-5-3-4-10-7(5)9/h2*7H,1,5H2,2-4H3;2*6-7H,1,4H2,2-3H3;4,6H,1,5H2,2-3H3;4,7H,1,5H2,2-3H3;6H,1,3-4H2,2H3;3,5-6H,1,4H2,2H3;3,5,7H,1,4H2,2H3;2,5H,1,3-4H2. The molecule has 127 heavy (non-hydrogen) atoms. The van der Waals surface area contributed by atoms with E-state index in [-0.39, 0.29) is 65.1 Å². The fraction of sp³-hybridized carbons (Fsp3) is 0.540. The third-order valence-electron chi connectivity index (χ3n) is 17.2. The molecule has 10 aliphatic rings. The summed E-state index contributed by atoms with van der Waals surface area (Å²) in [6, 6.07) is 0. The Morgan fingerprint density at radius 1 is 0.315 bits per heavy atom. The minimum atomic E-state index is -0.813. The average molecular weight is 1800 g/mol. The number of esters is 20. The predicted octanol–water partition coefficient (Wildman–Crippen LogP) is 6.36. The van der Waals surface area contributed by atoms with Gasteiger partial charge < -0.3 is 94.7 Å². The summed E-state index contributed by atoms with van der Waals surface area (Å²) in [5.74, 6) is -10.6. The minimum Gasteiger partial charge on any atom is -0.463 e. The first-order valence-corrected chi connectivity index (χ1v) is 39.1. The molecule has 10 rings (SSSR count). The lowest BCUT2D eigenvalue weighted by Gasteiger charge is -2.21. The number of hydrogen-bond acceptors (Lipinski definition) is 40. The highest BCUT2D eigenvalue weighted by atomic mass is 16.7. The highest BCUT2D eigenvalue weighted by Crippen LogP contribution is 2.34. The Balaban J connectivity index is 0.000000706. The summed E-state index contributed by atoms with van der Waals surface area (Å²) < 4.78 is 95.8. The van der Waals surface area contributed by atoms with Gasteiger partial charge in [0.05, 0.1) is 26.4 Å². The lowest BCUT2D eigenvalue weighted by atomic mass is 9.90. The summed E-state index contributed by atoms with van der Waals surface area (Å²) in [7, 11) is 0. The number of carbonyl (C=O) groups excluding carboxylic acids is 20. The molecular weight excluding hydrogens is 1680 g/mol. The van der Waals surface area contributed by atoms with Gasteiger partial charge in [0.2, 0.25) is 61.0 Å². The van der Waals surface area contributed by atoms with Crippen molar-refractivity contribution in [1.82, 2.24) is 0 Å². The molecule has 10 aliphatic heterocycles. The maximum absolute atomic E-state index is 11.2. The zero-order chi connectivity index (χ0) is 97.7. The van der Waals surface area contributed by atoms with Crippen LogP contribution in [0.3, 0.4) is 0 Å². The molecule has 0 bridgehead atoms. The van der Waals surface area contributed by atoms with Gasteiger partial charge >= 0.3 is 119 Å². The molecule has 10 fully saturated rings. The molecule has 0 N–H and O–H groups in total. The monoisotopic (exact) mass is 1800 g/mol. The van der Waals surface area contributed by atoms with Crippen molar-refractivity contribution in [3.05, 3.63) is 124 Å². The van der Waals surface area contributed by atoms with Crippen molar-refractivity contribution >= 4 is 119 Å². The number of carbonyl (C=O) groups is 20. The molecule has 0 aliphatic carbocycles. The van der Waals surface area contributed by atoms with Gasteiger partial charge in [-0.2, -0.15) is 0 Å². The summed E-state index contributed by atoms with van der Waals surface area (Å²) in [4.78, 5) is 219. The smallest absolute Gasteiger partial charge is 0.348 e. The van der Waals surface area contributed by atoms with Gasteiger partial charge in [0.25, 0.3) is 0 Å². The Morgan fingerprint density at radius 2 is 0.591 bits per heavy atom. The van der Waals surface area contributed by atoms with Crippen LogP contribution in [0.1, 0.15) is 156 Å². The van der Waals surface area contributed by atoms with Crippen LogP contribution in [-0.4, -0.2) is 243 Å². The SMILES string of the molecule is C=C(C)C(=O)OC1C(=O)OCC1(C)C.C=C(C)C(=O)OC1C(=O)OCC1C.C=C(C)C(=O)OC1CC(C)(C)OC1=O.C=C(C)C(=O)OC1CC(C)OC1=O.C=C(C)C(=O)OC1CCOC1=O.C=CC(=O)OC1C(=O)OCC1(C)C.C=CC(=O)OC1C(=O)OCC1C.C=CC(=O)OC1CC(C)(C)OC1=O.C=CC(=O)OC1CC(C)OC1=O.C=CC(=O)OC1CCOC1=O. The quantitative estimate of drug-likeness (QED) is 0.0726. The first-order chi connectivity index (χ1) is 58.7. The summed E-state index contributed by atoms with van der Waals surface area (Å²) in [6.45, 7) is 64.2. The van der Waals surface area contributed by atoms with Gasteiger partial charge in [0.15, 0.2) is 0 Å². The van der Waals surface area contributed by atoms with Crippen LogP contribution in [0.2, 0.25) is 0 Å². The van der Waals surface area contributed by atoms with E-state index in [4.69, 9.17) is 75.8 Å². The highest BCUT2D eigenvalue weighted by Gasteiger charge is 2.49. The fourth-order valence-electron chi connectivity index (χ4n) is 10.2. The molecule has 0 aromatic heterocycles. The lowest BCUT2D eigenvalue weighted by Crippen LogP contribution is -2.35. The second kappa shape index (κ2) is 51.9. The van der Waals surface area contributed by atoms with E-state index < -0.39 is 202 Å². The molecule has 0 amide bonds. The van der Waals surface area contributed by atoms with Gasteiger partial charge in [-0.1, -0.05) is 107 Å². The van der Waals surface area contributed by atoms with Gasteiger partial charge in [-0.25, -0.2) is 95.9 Å². The predicted molar refractivity (Wildman–Crippen MR) is 435 cm³/mol.